The van der Waals surface area contributed by atoms with Crippen LogP contribution in [0.1, 0.15) is 27.7 Å². The summed E-state index contributed by atoms with van der Waals surface area (Å²) in [5.41, 5.74) is 1.27. The molecule has 0 amide bonds. The van der Waals surface area contributed by atoms with Gasteiger partial charge in [0.2, 0.25) is 0 Å². The zero-order chi connectivity index (χ0) is 16.0. The quantitative estimate of drug-likeness (QED) is 0.761. The van der Waals surface area contributed by atoms with Crippen molar-refractivity contribution in [1.29, 1.82) is 0 Å². The molecule has 2 heteroatoms. The van der Waals surface area contributed by atoms with Crippen LogP contribution < -0.4 is 0 Å². The fourth-order valence-corrected chi connectivity index (χ4v) is 1.46. The van der Waals surface area contributed by atoms with Gasteiger partial charge in [-0.1, -0.05) is 63.0 Å². The molecule has 1 atom stereocenters. The van der Waals surface area contributed by atoms with Gasteiger partial charge in [0, 0.05) is 7.11 Å². The lowest BCUT2D eigenvalue weighted by Crippen LogP contribution is -2.15. The number of hydrogen-bond donors (Lipinski definition) is 2. The first kappa shape index (κ1) is 20.7. The molecule has 0 aliphatic heterocycles. The molecule has 0 saturated carbocycles. The fraction of sp³-hybridized carbons (Fsp3) is 0.333. The van der Waals surface area contributed by atoms with E-state index in [0.29, 0.717) is 0 Å². The molecule has 0 saturated heterocycles. The SMILES string of the molecule is C=C/C=C(\C=C/C)C1=CC=CC(C)(O)C=C1.CC.CO. The molecule has 0 bridgehead atoms. The Hall–Kier alpha value is -1.64. The average molecular weight is 276 g/mol. The Kier molecular flexibility index (Phi) is 12.8. The maximum Gasteiger partial charge on any atom is 0.0986 e. The van der Waals surface area contributed by atoms with Crippen LogP contribution >= 0.6 is 0 Å². The highest BCUT2D eigenvalue weighted by Gasteiger charge is 2.12. The first-order chi connectivity index (χ1) is 9.59. The Bertz CT molecular complexity index is 405. The normalized spacial score (nSPS) is 21.1. The first-order valence-electron chi connectivity index (χ1n) is 6.81. The van der Waals surface area contributed by atoms with E-state index in [9.17, 15) is 5.11 Å². The van der Waals surface area contributed by atoms with Gasteiger partial charge in [-0.3, -0.25) is 0 Å². The molecule has 0 aromatic rings. The largest absolute Gasteiger partial charge is 0.400 e. The predicted molar refractivity (Wildman–Crippen MR) is 89.6 cm³/mol. The van der Waals surface area contributed by atoms with E-state index in [-0.39, 0.29) is 0 Å². The van der Waals surface area contributed by atoms with Crippen molar-refractivity contribution in [1.82, 2.24) is 0 Å². The molecule has 0 aromatic heterocycles. The molecule has 2 nitrogen and oxygen atoms in total. The standard InChI is InChI=1S/C15H18O.C2H6.CH4O/c1-4-7-13(8-5-2)14-9-6-11-15(3,16)12-10-14;2*1-2/h4-12,16H,1H2,2-3H3;1-2H3;2H,1H3/b8-5-,13-7+;;. The maximum atomic E-state index is 9.85. The van der Waals surface area contributed by atoms with Crippen LogP contribution in [0.25, 0.3) is 0 Å². The van der Waals surface area contributed by atoms with Crippen LogP contribution in [0.3, 0.4) is 0 Å². The van der Waals surface area contributed by atoms with Gasteiger partial charge in [-0.25, -0.2) is 0 Å². The van der Waals surface area contributed by atoms with Crippen molar-refractivity contribution >= 4 is 0 Å². The van der Waals surface area contributed by atoms with Crippen LogP contribution in [-0.4, -0.2) is 22.9 Å². The second-order valence-electron chi connectivity index (χ2n) is 3.90. The second-order valence-corrected chi connectivity index (χ2v) is 3.90. The molecular formula is C18H28O2. The van der Waals surface area contributed by atoms with Crippen molar-refractivity contribution in [2.24, 2.45) is 0 Å². The number of hydrogen-bond acceptors (Lipinski definition) is 2. The van der Waals surface area contributed by atoms with Crippen molar-refractivity contribution in [2.45, 2.75) is 33.3 Å². The Morgan fingerprint density at radius 2 is 1.85 bits per heavy atom. The lowest BCUT2D eigenvalue weighted by Gasteiger charge is -2.11. The van der Waals surface area contributed by atoms with E-state index >= 15 is 0 Å². The predicted octanol–water partition coefficient (Wildman–Crippen LogP) is 4.11. The van der Waals surface area contributed by atoms with Crippen LogP contribution in [0.5, 0.6) is 0 Å². The monoisotopic (exact) mass is 276 g/mol. The van der Waals surface area contributed by atoms with Gasteiger partial charge in [0.05, 0.1) is 5.60 Å². The molecule has 0 fully saturated rings. The van der Waals surface area contributed by atoms with Crippen LogP contribution in [0.15, 0.2) is 72.4 Å². The van der Waals surface area contributed by atoms with E-state index in [2.05, 4.69) is 6.58 Å². The van der Waals surface area contributed by atoms with Gasteiger partial charge in [-0.2, -0.15) is 0 Å². The van der Waals surface area contributed by atoms with E-state index in [1.165, 1.54) is 0 Å². The summed E-state index contributed by atoms with van der Waals surface area (Å²) in [6.45, 7) is 11.4. The van der Waals surface area contributed by atoms with E-state index in [4.69, 9.17) is 5.11 Å². The van der Waals surface area contributed by atoms with Crippen LogP contribution in [0.4, 0.5) is 0 Å². The van der Waals surface area contributed by atoms with Gasteiger partial charge in [0.25, 0.3) is 0 Å². The summed E-state index contributed by atoms with van der Waals surface area (Å²) in [7, 11) is 1.00. The Morgan fingerprint density at radius 3 is 2.35 bits per heavy atom. The minimum absolute atomic E-state index is 0.868. The van der Waals surface area contributed by atoms with Crippen molar-refractivity contribution in [3.8, 4) is 0 Å². The van der Waals surface area contributed by atoms with Crippen molar-refractivity contribution in [3.05, 3.63) is 72.4 Å². The maximum absolute atomic E-state index is 9.85. The number of aliphatic hydroxyl groups is 2. The summed E-state index contributed by atoms with van der Waals surface area (Å²) in [4.78, 5) is 0. The van der Waals surface area contributed by atoms with Crippen molar-refractivity contribution in [3.63, 3.8) is 0 Å². The summed E-state index contributed by atoms with van der Waals surface area (Å²) in [5.74, 6) is 0. The van der Waals surface area contributed by atoms with Crippen LogP contribution in [0, 0.1) is 0 Å². The van der Waals surface area contributed by atoms with E-state index in [1.54, 1.807) is 25.2 Å². The zero-order valence-corrected chi connectivity index (χ0v) is 13.3. The molecule has 0 heterocycles. The van der Waals surface area contributed by atoms with Crippen LogP contribution in [-0.2, 0) is 0 Å². The molecule has 2 N–H and O–H groups in total. The minimum Gasteiger partial charge on any atom is -0.400 e. The minimum atomic E-state index is -0.868. The van der Waals surface area contributed by atoms with E-state index < -0.39 is 5.60 Å². The Morgan fingerprint density at radius 1 is 1.25 bits per heavy atom. The molecule has 0 spiro atoms. The highest BCUT2D eigenvalue weighted by Crippen LogP contribution is 2.20. The van der Waals surface area contributed by atoms with E-state index in [0.717, 1.165) is 18.3 Å². The third kappa shape index (κ3) is 8.46. The molecule has 1 rings (SSSR count). The van der Waals surface area contributed by atoms with Gasteiger partial charge in [-0.15, -0.1) is 0 Å². The fourth-order valence-electron chi connectivity index (χ4n) is 1.46. The van der Waals surface area contributed by atoms with Gasteiger partial charge in [0.1, 0.15) is 0 Å². The summed E-state index contributed by atoms with van der Waals surface area (Å²) in [6, 6.07) is 0. The number of rotatable bonds is 3. The van der Waals surface area contributed by atoms with Crippen LogP contribution in [0.2, 0.25) is 0 Å². The summed E-state index contributed by atoms with van der Waals surface area (Å²) >= 11 is 0. The average Bonchev–Trinajstić information content (AvgIpc) is 2.64. The lowest BCUT2D eigenvalue weighted by atomic mass is 10.0. The van der Waals surface area contributed by atoms with Gasteiger partial charge in [-0.05, 0) is 37.1 Å². The zero-order valence-electron chi connectivity index (χ0n) is 13.3. The first-order valence-corrected chi connectivity index (χ1v) is 6.81. The summed E-state index contributed by atoms with van der Waals surface area (Å²) in [6.07, 6.45) is 17.0. The molecule has 1 aliphatic rings. The highest BCUT2D eigenvalue weighted by atomic mass is 16.3. The molecule has 0 aromatic carbocycles. The lowest BCUT2D eigenvalue weighted by molar-refractivity contribution is 0.164. The van der Waals surface area contributed by atoms with E-state index in [1.807, 2.05) is 57.2 Å². The van der Waals surface area contributed by atoms with Crippen molar-refractivity contribution < 1.29 is 10.2 Å². The Balaban J connectivity index is 0. The van der Waals surface area contributed by atoms with Gasteiger partial charge in [0.15, 0.2) is 0 Å². The number of allylic oxidation sites excluding steroid dienone is 9. The third-order valence-corrected chi connectivity index (χ3v) is 2.29. The van der Waals surface area contributed by atoms with Gasteiger partial charge < -0.3 is 10.2 Å². The smallest absolute Gasteiger partial charge is 0.0986 e. The highest BCUT2D eigenvalue weighted by molar-refractivity contribution is 5.51. The van der Waals surface area contributed by atoms with Gasteiger partial charge >= 0.3 is 0 Å². The third-order valence-electron chi connectivity index (χ3n) is 2.29. The van der Waals surface area contributed by atoms with Crippen molar-refractivity contribution in [2.75, 3.05) is 7.11 Å². The topological polar surface area (TPSA) is 40.5 Å². The summed E-state index contributed by atoms with van der Waals surface area (Å²) < 4.78 is 0. The molecule has 1 aliphatic carbocycles. The Labute approximate surface area is 123 Å². The second kappa shape index (κ2) is 12.4. The number of aliphatic hydroxyl groups excluding tert-OH is 1. The molecule has 112 valence electrons. The molecule has 1 unspecified atom stereocenters. The molecule has 20 heavy (non-hydrogen) atoms. The summed E-state index contributed by atoms with van der Waals surface area (Å²) in [5, 5.41) is 16.8. The molecule has 0 radical (unpaired) electrons. The molecular weight excluding hydrogens is 248 g/mol.